The number of hydrogen-bond acceptors (Lipinski definition) is 4. The molecule has 42 heavy (non-hydrogen) atoms. The number of para-hydroxylation sites is 3. The first kappa shape index (κ1) is 27.4. The van der Waals surface area contributed by atoms with Crippen LogP contribution in [0.1, 0.15) is 41.5 Å². The van der Waals surface area contributed by atoms with Crippen molar-refractivity contribution in [1.29, 1.82) is 0 Å². The Morgan fingerprint density at radius 1 is 0.833 bits per heavy atom. The zero-order valence-electron chi connectivity index (χ0n) is 22.5. The second kappa shape index (κ2) is 11.3. The van der Waals surface area contributed by atoms with Crippen molar-refractivity contribution in [1.82, 2.24) is 0 Å². The Balaban J connectivity index is 1.42. The van der Waals surface area contributed by atoms with Gasteiger partial charge < -0.3 is 4.74 Å². The molecule has 1 aliphatic carbocycles. The van der Waals surface area contributed by atoms with Gasteiger partial charge in [0.1, 0.15) is 18.1 Å². The lowest BCUT2D eigenvalue weighted by atomic mass is 9.72. The van der Waals surface area contributed by atoms with Gasteiger partial charge in [-0.2, -0.15) is 13.2 Å². The number of nitrogens with zero attached hydrogens (tertiary/aromatic N) is 2. The minimum absolute atomic E-state index is 0.0199. The molecule has 0 N–H and O–H groups in total. The van der Waals surface area contributed by atoms with Gasteiger partial charge >= 0.3 is 12.1 Å². The van der Waals surface area contributed by atoms with E-state index in [-0.39, 0.29) is 29.5 Å². The maximum absolute atomic E-state index is 14.1. The highest BCUT2D eigenvalue weighted by Crippen LogP contribution is 2.49. The van der Waals surface area contributed by atoms with Gasteiger partial charge in [-0.3, -0.25) is 19.5 Å². The monoisotopic (exact) mass is 568 g/mol. The average Bonchev–Trinajstić information content (AvgIpc) is 3.15. The van der Waals surface area contributed by atoms with Crippen molar-refractivity contribution in [3.63, 3.8) is 0 Å². The van der Waals surface area contributed by atoms with E-state index in [4.69, 9.17) is 9.73 Å². The van der Waals surface area contributed by atoms with Crippen LogP contribution in [0.3, 0.4) is 0 Å². The van der Waals surface area contributed by atoms with Gasteiger partial charge in [-0.1, -0.05) is 91.0 Å². The van der Waals surface area contributed by atoms with Gasteiger partial charge in [0.25, 0.3) is 0 Å². The van der Waals surface area contributed by atoms with Crippen molar-refractivity contribution in [2.75, 3.05) is 4.90 Å². The first-order valence-corrected chi connectivity index (χ1v) is 13.7. The maximum atomic E-state index is 14.1. The van der Waals surface area contributed by atoms with Gasteiger partial charge in [0.15, 0.2) is 0 Å². The average molecular weight is 569 g/mol. The fourth-order valence-electron chi connectivity index (χ4n) is 5.97. The fraction of sp³-hybridized carbons (Fsp3) is 0.206. The normalized spacial score (nSPS) is 20.2. The van der Waals surface area contributed by atoms with Crippen LogP contribution in [-0.4, -0.2) is 23.6 Å². The number of fused-ring (bicyclic) bond motifs is 2. The number of carbonyl (C=O) groups is 2. The molecule has 1 saturated carbocycles. The second-order valence-electron chi connectivity index (χ2n) is 10.5. The number of ketones is 1. The van der Waals surface area contributed by atoms with Crippen LogP contribution in [0.5, 0.6) is 5.75 Å². The first-order chi connectivity index (χ1) is 20.3. The molecule has 1 aliphatic heterocycles. The molecule has 0 bridgehead atoms. The quantitative estimate of drug-likeness (QED) is 0.247. The number of amides is 1. The topological polar surface area (TPSA) is 59.0 Å². The van der Waals surface area contributed by atoms with Crippen LogP contribution in [0.15, 0.2) is 114 Å². The van der Waals surface area contributed by atoms with E-state index in [1.54, 1.807) is 48.5 Å². The Kier molecular flexibility index (Phi) is 7.37. The number of carbonyl (C=O) groups excluding carboxylic acids is 2. The van der Waals surface area contributed by atoms with Gasteiger partial charge in [-0.15, -0.1) is 0 Å². The predicted molar refractivity (Wildman–Crippen MR) is 154 cm³/mol. The van der Waals surface area contributed by atoms with Crippen molar-refractivity contribution in [2.45, 2.75) is 37.6 Å². The Morgan fingerprint density at radius 2 is 1.48 bits per heavy atom. The standard InChI is InChI=1S/C34H27F3N2O3/c35-34(36,37)33(41)39-28-17-9-8-16-26(28)38-27-19-24(20-29(40)31(27)32(39)23-13-5-2-6-14-23)25-15-7-10-18-30(25)42-21-22-11-3-1-4-12-22/h1-18,24,31-32H,19-21H2. The van der Waals surface area contributed by atoms with E-state index >= 15 is 0 Å². The number of aliphatic imine (C=N–C) groups is 1. The van der Waals surface area contributed by atoms with E-state index in [2.05, 4.69) is 0 Å². The van der Waals surface area contributed by atoms with E-state index < -0.39 is 24.0 Å². The summed E-state index contributed by atoms with van der Waals surface area (Å²) >= 11 is 0. The number of alkyl halides is 3. The predicted octanol–water partition coefficient (Wildman–Crippen LogP) is 7.75. The summed E-state index contributed by atoms with van der Waals surface area (Å²) in [5.41, 5.74) is 2.95. The molecule has 5 nitrogen and oxygen atoms in total. The molecule has 0 radical (unpaired) electrons. The molecule has 2 aliphatic rings. The molecule has 1 fully saturated rings. The summed E-state index contributed by atoms with van der Waals surface area (Å²) in [5, 5.41) is 0. The Bertz CT molecular complexity index is 1640. The number of anilines is 1. The molecule has 0 aromatic heterocycles. The lowest BCUT2D eigenvalue weighted by Gasteiger charge is -2.39. The molecule has 8 heteroatoms. The van der Waals surface area contributed by atoms with Crippen molar-refractivity contribution < 1.29 is 27.5 Å². The molecule has 0 saturated heterocycles. The zero-order chi connectivity index (χ0) is 29.3. The summed E-state index contributed by atoms with van der Waals surface area (Å²) < 4.78 is 48.4. The van der Waals surface area contributed by atoms with Crippen LogP contribution >= 0.6 is 0 Å². The lowest BCUT2D eigenvalue weighted by molar-refractivity contribution is -0.171. The largest absolute Gasteiger partial charge is 0.489 e. The van der Waals surface area contributed by atoms with E-state index in [0.717, 1.165) is 16.0 Å². The molecule has 212 valence electrons. The summed E-state index contributed by atoms with van der Waals surface area (Å²) in [6.07, 6.45) is -4.75. The summed E-state index contributed by atoms with van der Waals surface area (Å²) in [5.74, 6) is -3.01. The summed E-state index contributed by atoms with van der Waals surface area (Å²) in [6.45, 7) is 0.347. The Morgan fingerprint density at radius 3 is 2.21 bits per heavy atom. The van der Waals surface area contributed by atoms with E-state index in [1.165, 1.54) is 6.07 Å². The highest BCUT2D eigenvalue weighted by Gasteiger charge is 2.52. The molecule has 3 unspecified atom stereocenters. The number of rotatable bonds is 5. The molecule has 4 aromatic carbocycles. The second-order valence-corrected chi connectivity index (χ2v) is 10.5. The van der Waals surface area contributed by atoms with Crippen molar-refractivity contribution in [3.05, 3.63) is 126 Å². The van der Waals surface area contributed by atoms with E-state index in [0.29, 0.717) is 30.1 Å². The number of hydrogen-bond donors (Lipinski definition) is 0. The summed E-state index contributed by atoms with van der Waals surface area (Å²) in [4.78, 5) is 32.6. The van der Waals surface area contributed by atoms with Crippen LogP contribution in [0.2, 0.25) is 0 Å². The molecular formula is C34H27F3N2O3. The number of halogens is 3. The van der Waals surface area contributed by atoms with Gasteiger partial charge in [-0.05, 0) is 47.2 Å². The molecule has 6 rings (SSSR count). The van der Waals surface area contributed by atoms with Crippen LogP contribution < -0.4 is 9.64 Å². The highest BCUT2D eigenvalue weighted by molar-refractivity contribution is 6.13. The fourth-order valence-corrected chi connectivity index (χ4v) is 5.97. The van der Waals surface area contributed by atoms with Crippen LogP contribution in [0, 0.1) is 5.92 Å². The zero-order valence-corrected chi connectivity index (χ0v) is 22.5. The number of Topliss-reactive ketones (excluding diaryl/α,β-unsaturated/α-hetero) is 1. The van der Waals surface area contributed by atoms with Gasteiger partial charge in [0, 0.05) is 12.1 Å². The molecule has 1 heterocycles. The minimum Gasteiger partial charge on any atom is -0.489 e. The molecule has 0 spiro atoms. The number of ether oxygens (including phenoxy) is 1. The molecular weight excluding hydrogens is 541 g/mol. The van der Waals surface area contributed by atoms with Crippen LogP contribution in [-0.2, 0) is 16.2 Å². The summed E-state index contributed by atoms with van der Waals surface area (Å²) in [7, 11) is 0. The third-order valence-corrected chi connectivity index (χ3v) is 7.81. The van der Waals surface area contributed by atoms with Crippen molar-refractivity contribution in [3.8, 4) is 5.75 Å². The molecule has 3 atom stereocenters. The van der Waals surface area contributed by atoms with Gasteiger partial charge in [-0.25, -0.2) is 0 Å². The van der Waals surface area contributed by atoms with Crippen molar-refractivity contribution >= 4 is 28.8 Å². The van der Waals surface area contributed by atoms with Crippen LogP contribution in [0.25, 0.3) is 0 Å². The number of benzene rings is 4. The van der Waals surface area contributed by atoms with E-state index in [9.17, 15) is 22.8 Å². The maximum Gasteiger partial charge on any atom is 0.471 e. The Hall–Kier alpha value is -4.72. The molecule has 4 aromatic rings. The van der Waals surface area contributed by atoms with Crippen molar-refractivity contribution in [2.24, 2.45) is 10.9 Å². The minimum atomic E-state index is -5.15. The smallest absolute Gasteiger partial charge is 0.471 e. The van der Waals surface area contributed by atoms with Crippen LogP contribution in [0.4, 0.5) is 24.5 Å². The summed E-state index contributed by atoms with van der Waals surface area (Å²) in [6, 6.07) is 30.7. The third-order valence-electron chi connectivity index (χ3n) is 7.81. The first-order valence-electron chi connectivity index (χ1n) is 13.7. The molecule has 1 amide bonds. The SMILES string of the molecule is O=C1CC(c2ccccc2OCc2ccccc2)CC2=Nc3ccccc3N(C(=O)C(F)(F)F)C(c3ccccc3)C12. The van der Waals surface area contributed by atoms with Gasteiger partial charge in [0.2, 0.25) is 0 Å². The Labute approximate surface area is 241 Å². The third kappa shape index (κ3) is 5.32. The van der Waals surface area contributed by atoms with Gasteiger partial charge in [0.05, 0.1) is 23.3 Å². The van der Waals surface area contributed by atoms with E-state index in [1.807, 2.05) is 54.6 Å². The lowest BCUT2D eigenvalue weighted by Crippen LogP contribution is -2.49. The highest BCUT2D eigenvalue weighted by atomic mass is 19.4.